The molecule has 0 atom stereocenters. The lowest BCUT2D eigenvalue weighted by Crippen LogP contribution is -2.41. The van der Waals surface area contributed by atoms with Gasteiger partial charge in [0.05, 0.1) is 17.1 Å². The number of nitrogens with two attached hydrogens (primary N) is 2. The van der Waals surface area contributed by atoms with E-state index in [-0.39, 0.29) is 0 Å². The number of nitrogens with zero attached hydrogens (tertiary/aromatic N) is 3. The summed E-state index contributed by atoms with van der Waals surface area (Å²) in [6.07, 6.45) is 7.92. The number of hydrogen-bond acceptors (Lipinski definition) is 5. The largest absolute Gasteiger partial charge is 0.397 e. The third-order valence-corrected chi connectivity index (χ3v) is 7.11. The van der Waals surface area contributed by atoms with Crippen LogP contribution in [0.1, 0.15) is 50.2 Å². The summed E-state index contributed by atoms with van der Waals surface area (Å²) < 4.78 is 0. The number of nitrogens with one attached hydrogen (secondary N) is 1. The summed E-state index contributed by atoms with van der Waals surface area (Å²) in [6, 6.07) is 3.80. The van der Waals surface area contributed by atoms with Gasteiger partial charge in [-0.2, -0.15) is 0 Å². The van der Waals surface area contributed by atoms with E-state index in [1.807, 2.05) is 39.1 Å². The van der Waals surface area contributed by atoms with E-state index in [0.29, 0.717) is 34.0 Å². The van der Waals surface area contributed by atoms with Gasteiger partial charge in [-0.05, 0) is 44.4 Å². The van der Waals surface area contributed by atoms with E-state index in [9.17, 15) is 0 Å². The molecule has 1 heterocycles. The smallest absolute Gasteiger partial charge is 0.126 e. The first-order chi connectivity index (χ1) is 15.3. The normalized spacial score (nSPS) is 19.4. The van der Waals surface area contributed by atoms with E-state index >= 15 is 0 Å². The Kier molecular flexibility index (Phi) is 8.49. The van der Waals surface area contributed by atoms with Gasteiger partial charge in [-0.15, -0.1) is 0 Å². The molecule has 1 aromatic rings. The van der Waals surface area contributed by atoms with E-state index in [1.165, 1.54) is 19.3 Å². The monoisotopic (exact) mass is 476 g/mol. The molecule has 0 aromatic heterocycles. The van der Waals surface area contributed by atoms with E-state index in [2.05, 4.69) is 15.2 Å². The third-order valence-electron chi connectivity index (χ3n) is 6.23. The number of hydrogen-bond donors (Lipinski definition) is 3. The van der Waals surface area contributed by atoms with Crippen LogP contribution in [-0.2, 0) is 6.54 Å². The molecule has 1 saturated carbocycles. The van der Waals surface area contributed by atoms with Crippen molar-refractivity contribution in [1.82, 2.24) is 10.2 Å². The van der Waals surface area contributed by atoms with Gasteiger partial charge in [0, 0.05) is 48.2 Å². The summed E-state index contributed by atoms with van der Waals surface area (Å²) in [5.41, 5.74) is 16.8. The molecule has 1 aliphatic carbocycles. The summed E-state index contributed by atoms with van der Waals surface area (Å²) in [7, 11) is 1.81. The van der Waals surface area contributed by atoms with E-state index in [1.54, 1.807) is 0 Å². The molecule has 174 valence electrons. The Morgan fingerprint density at radius 1 is 1.25 bits per heavy atom. The first-order valence-electron chi connectivity index (χ1n) is 11.2. The SMILES string of the molecule is C\N=C(/N=C(C)/C(N)=C/C1=C(N)NCCN1Cc1c(Cl)ccc(C)c1Cl)C1CCCCC1. The molecule has 8 heteroatoms. The van der Waals surface area contributed by atoms with Crippen LogP contribution in [0.15, 0.2) is 45.4 Å². The predicted octanol–water partition coefficient (Wildman–Crippen LogP) is 4.75. The van der Waals surface area contributed by atoms with Crippen LogP contribution in [0.25, 0.3) is 0 Å². The molecular formula is C24H34Cl2N6. The Bertz CT molecular complexity index is 957. The minimum atomic E-state index is 0.416. The number of aryl methyl sites for hydroxylation is 1. The van der Waals surface area contributed by atoms with Crippen molar-refractivity contribution in [1.29, 1.82) is 0 Å². The van der Waals surface area contributed by atoms with Gasteiger partial charge >= 0.3 is 0 Å². The van der Waals surface area contributed by atoms with E-state index in [0.717, 1.165) is 54.3 Å². The maximum atomic E-state index is 6.56. The zero-order valence-corrected chi connectivity index (χ0v) is 20.7. The molecule has 2 aliphatic rings. The molecule has 1 aliphatic heterocycles. The second kappa shape index (κ2) is 11.1. The molecule has 32 heavy (non-hydrogen) atoms. The first-order valence-corrected chi connectivity index (χ1v) is 12.0. The fourth-order valence-corrected chi connectivity index (χ4v) is 4.75. The molecule has 0 spiro atoms. The minimum Gasteiger partial charge on any atom is -0.397 e. The Balaban J connectivity index is 1.86. The number of halogens is 2. The van der Waals surface area contributed by atoms with Crippen LogP contribution in [0.4, 0.5) is 0 Å². The third kappa shape index (κ3) is 5.78. The van der Waals surface area contributed by atoms with Crippen molar-refractivity contribution < 1.29 is 0 Å². The van der Waals surface area contributed by atoms with Crippen molar-refractivity contribution >= 4 is 34.7 Å². The van der Waals surface area contributed by atoms with Crippen LogP contribution in [-0.4, -0.2) is 36.6 Å². The Hall–Kier alpha value is -2.18. The lowest BCUT2D eigenvalue weighted by molar-refractivity contribution is 0.321. The van der Waals surface area contributed by atoms with Gasteiger partial charge in [0.25, 0.3) is 0 Å². The van der Waals surface area contributed by atoms with Crippen molar-refractivity contribution in [3.63, 3.8) is 0 Å². The standard InChI is InChI=1S/C24H34Cl2N6/c1-15-9-10-19(25)18(22(15)26)14-32-12-11-30-23(28)21(32)13-20(27)16(2)31-24(29-3)17-7-5-4-6-8-17/h9-10,13,17,30H,4-8,11-12,14,27-28H2,1-3H3/b20-13-,29-24-,31-16+. The highest BCUT2D eigenvalue weighted by Gasteiger charge is 2.22. The van der Waals surface area contributed by atoms with Gasteiger partial charge in [0.15, 0.2) is 0 Å². The van der Waals surface area contributed by atoms with Crippen molar-refractivity contribution in [3.05, 3.63) is 56.6 Å². The van der Waals surface area contributed by atoms with Gasteiger partial charge in [-0.25, -0.2) is 4.99 Å². The van der Waals surface area contributed by atoms with Gasteiger partial charge in [0.1, 0.15) is 11.7 Å². The average molecular weight is 477 g/mol. The highest BCUT2D eigenvalue weighted by atomic mass is 35.5. The molecule has 1 fully saturated rings. The van der Waals surface area contributed by atoms with Gasteiger partial charge in [0.2, 0.25) is 0 Å². The number of amidine groups is 1. The van der Waals surface area contributed by atoms with Crippen molar-refractivity contribution in [2.24, 2.45) is 27.4 Å². The summed E-state index contributed by atoms with van der Waals surface area (Å²) >= 11 is 13.0. The highest BCUT2D eigenvalue weighted by molar-refractivity contribution is 6.36. The quantitative estimate of drug-likeness (QED) is 0.422. The summed E-state index contributed by atoms with van der Waals surface area (Å²) in [6.45, 7) is 5.92. The summed E-state index contributed by atoms with van der Waals surface area (Å²) in [4.78, 5) is 11.4. The molecule has 6 nitrogen and oxygen atoms in total. The second-order valence-corrected chi connectivity index (χ2v) is 9.30. The predicted molar refractivity (Wildman–Crippen MR) is 136 cm³/mol. The molecule has 0 unspecified atom stereocenters. The van der Waals surface area contributed by atoms with Crippen molar-refractivity contribution in [2.45, 2.75) is 52.5 Å². The number of allylic oxidation sites excluding steroid dienone is 2. The van der Waals surface area contributed by atoms with Crippen LogP contribution >= 0.6 is 23.2 Å². The second-order valence-electron chi connectivity index (χ2n) is 8.52. The van der Waals surface area contributed by atoms with Gasteiger partial charge in [-0.1, -0.05) is 48.5 Å². The molecule has 0 amide bonds. The summed E-state index contributed by atoms with van der Waals surface area (Å²) in [5.74, 6) is 1.88. The van der Waals surface area contributed by atoms with Crippen molar-refractivity contribution in [3.8, 4) is 0 Å². The molecule has 0 saturated heterocycles. The molecular weight excluding hydrogens is 443 g/mol. The van der Waals surface area contributed by atoms with Crippen LogP contribution in [0, 0.1) is 12.8 Å². The lowest BCUT2D eigenvalue weighted by Gasteiger charge is -2.33. The maximum Gasteiger partial charge on any atom is 0.126 e. The highest BCUT2D eigenvalue weighted by Crippen LogP contribution is 2.31. The lowest BCUT2D eigenvalue weighted by atomic mass is 9.88. The zero-order chi connectivity index (χ0) is 23.3. The summed E-state index contributed by atoms with van der Waals surface area (Å²) in [5, 5.41) is 4.54. The van der Waals surface area contributed by atoms with Crippen LogP contribution < -0.4 is 16.8 Å². The van der Waals surface area contributed by atoms with E-state index in [4.69, 9.17) is 39.7 Å². The van der Waals surface area contributed by atoms with Crippen LogP contribution in [0.5, 0.6) is 0 Å². The topological polar surface area (TPSA) is 92.0 Å². The molecule has 0 radical (unpaired) electrons. The van der Waals surface area contributed by atoms with Gasteiger partial charge in [-0.3, -0.25) is 4.99 Å². The molecule has 5 N–H and O–H groups in total. The fourth-order valence-electron chi connectivity index (χ4n) is 4.26. The van der Waals surface area contributed by atoms with Crippen LogP contribution in [0.3, 0.4) is 0 Å². The Labute approximate surface area is 201 Å². The number of benzene rings is 1. The van der Waals surface area contributed by atoms with Crippen molar-refractivity contribution in [2.75, 3.05) is 20.1 Å². The minimum absolute atomic E-state index is 0.416. The average Bonchev–Trinajstić information content (AvgIpc) is 2.80. The van der Waals surface area contributed by atoms with Gasteiger partial charge < -0.3 is 21.7 Å². The zero-order valence-electron chi connectivity index (χ0n) is 19.2. The first kappa shape index (κ1) is 24.5. The van der Waals surface area contributed by atoms with E-state index < -0.39 is 0 Å². The Morgan fingerprint density at radius 3 is 2.66 bits per heavy atom. The maximum absolute atomic E-state index is 6.56. The number of rotatable bonds is 5. The molecule has 1 aromatic carbocycles. The molecule has 0 bridgehead atoms. The Morgan fingerprint density at radius 2 is 1.97 bits per heavy atom. The van der Waals surface area contributed by atoms with Crippen LogP contribution in [0.2, 0.25) is 10.0 Å². The fraction of sp³-hybridized carbons (Fsp3) is 0.500. The number of aliphatic imine (C=N–C) groups is 2. The molecule has 3 rings (SSSR count).